The number of benzene rings is 1. The summed E-state index contributed by atoms with van der Waals surface area (Å²) in [7, 11) is 0. The number of carboxylic acid groups (broad SMARTS) is 1. The summed E-state index contributed by atoms with van der Waals surface area (Å²) in [6.07, 6.45) is 2.75. The number of H-pyrrole nitrogens is 1. The molecule has 0 spiro atoms. The SMILES string of the molecule is CC(C)CC(NC(=O)C(CS)NC(=O)C(N)CCCN=C(N)N)C(=O)NC(Cc1c[nH]c2ccccc12)C(=O)O. The lowest BCUT2D eigenvalue weighted by Crippen LogP contribution is -2.58. The van der Waals surface area contributed by atoms with Crippen LogP contribution in [-0.4, -0.2) is 76.2 Å². The maximum atomic E-state index is 13.2. The number of nitrogens with one attached hydrogen (secondary N) is 4. The first-order valence-electron chi connectivity index (χ1n) is 13.0. The number of carbonyl (C=O) groups excluding carboxylic acids is 3. The number of carbonyl (C=O) groups is 4. The molecule has 13 nitrogen and oxygen atoms in total. The molecule has 11 N–H and O–H groups in total. The topological polar surface area (TPSA) is 231 Å². The predicted octanol–water partition coefficient (Wildman–Crippen LogP) is -0.394. The quantitative estimate of drug-likeness (QED) is 0.0551. The van der Waals surface area contributed by atoms with Gasteiger partial charge in [-0.15, -0.1) is 0 Å². The molecule has 1 heterocycles. The molecule has 2 aromatic rings. The van der Waals surface area contributed by atoms with E-state index in [4.69, 9.17) is 17.2 Å². The number of hydrogen-bond acceptors (Lipinski definition) is 7. The van der Waals surface area contributed by atoms with Gasteiger partial charge in [0, 0.05) is 35.8 Å². The molecular weight excluding hydrogens is 536 g/mol. The summed E-state index contributed by atoms with van der Waals surface area (Å²) in [6, 6.07) is 3.22. The number of aromatic nitrogens is 1. The third-order valence-corrected chi connectivity index (χ3v) is 6.54. The van der Waals surface area contributed by atoms with Crippen molar-refractivity contribution < 1.29 is 24.3 Å². The highest BCUT2D eigenvalue weighted by Gasteiger charge is 2.30. The molecule has 40 heavy (non-hydrogen) atoms. The molecule has 1 aromatic heterocycles. The summed E-state index contributed by atoms with van der Waals surface area (Å²) >= 11 is 4.17. The summed E-state index contributed by atoms with van der Waals surface area (Å²) in [5, 5.41) is 18.4. The van der Waals surface area contributed by atoms with Crippen LogP contribution in [0.15, 0.2) is 35.5 Å². The van der Waals surface area contributed by atoms with Gasteiger partial charge in [0.1, 0.15) is 18.1 Å². The van der Waals surface area contributed by atoms with Crippen LogP contribution in [0.1, 0.15) is 38.7 Å². The highest BCUT2D eigenvalue weighted by atomic mass is 32.1. The smallest absolute Gasteiger partial charge is 0.326 e. The van der Waals surface area contributed by atoms with Gasteiger partial charge in [0.05, 0.1) is 6.04 Å². The molecule has 0 aliphatic rings. The van der Waals surface area contributed by atoms with E-state index in [2.05, 4.69) is 38.6 Å². The van der Waals surface area contributed by atoms with Gasteiger partial charge in [-0.2, -0.15) is 12.6 Å². The Morgan fingerprint density at radius 3 is 2.25 bits per heavy atom. The van der Waals surface area contributed by atoms with Crippen LogP contribution in [0.5, 0.6) is 0 Å². The average Bonchev–Trinajstić information content (AvgIpc) is 3.30. The number of aliphatic imine (C=N–C) groups is 1. The monoisotopic (exact) mass is 576 g/mol. The van der Waals surface area contributed by atoms with Gasteiger partial charge in [0.2, 0.25) is 17.7 Å². The third kappa shape index (κ3) is 10.1. The van der Waals surface area contributed by atoms with Crippen LogP contribution in [0.3, 0.4) is 0 Å². The zero-order chi connectivity index (χ0) is 29.8. The maximum Gasteiger partial charge on any atom is 0.326 e. The number of guanidine groups is 1. The Morgan fingerprint density at radius 1 is 1.00 bits per heavy atom. The van der Waals surface area contributed by atoms with E-state index < -0.39 is 47.9 Å². The van der Waals surface area contributed by atoms with Crippen LogP contribution < -0.4 is 33.2 Å². The zero-order valence-corrected chi connectivity index (χ0v) is 23.6. The van der Waals surface area contributed by atoms with E-state index >= 15 is 0 Å². The van der Waals surface area contributed by atoms with Gasteiger partial charge in [0.15, 0.2) is 5.96 Å². The third-order valence-electron chi connectivity index (χ3n) is 6.17. The summed E-state index contributed by atoms with van der Waals surface area (Å²) in [5.74, 6) is -3.16. The van der Waals surface area contributed by atoms with E-state index in [9.17, 15) is 24.3 Å². The predicted molar refractivity (Wildman–Crippen MR) is 157 cm³/mol. The van der Waals surface area contributed by atoms with Gasteiger partial charge in [-0.25, -0.2) is 4.79 Å². The number of amides is 3. The molecule has 1 aromatic carbocycles. The van der Waals surface area contributed by atoms with Crippen molar-refractivity contribution in [1.82, 2.24) is 20.9 Å². The van der Waals surface area contributed by atoms with Crippen molar-refractivity contribution in [2.75, 3.05) is 12.3 Å². The van der Waals surface area contributed by atoms with Crippen molar-refractivity contribution in [3.8, 4) is 0 Å². The number of rotatable bonds is 16. The molecule has 0 radical (unpaired) electrons. The molecule has 0 bridgehead atoms. The van der Waals surface area contributed by atoms with Crippen LogP contribution in [0.4, 0.5) is 0 Å². The second-order valence-electron chi connectivity index (χ2n) is 9.95. The van der Waals surface area contributed by atoms with E-state index in [1.165, 1.54) is 0 Å². The number of para-hydroxylation sites is 1. The molecule has 0 saturated carbocycles. The van der Waals surface area contributed by atoms with Crippen LogP contribution in [0.25, 0.3) is 10.9 Å². The van der Waals surface area contributed by atoms with Crippen LogP contribution in [-0.2, 0) is 25.6 Å². The summed E-state index contributed by atoms with van der Waals surface area (Å²) in [6.45, 7) is 4.04. The maximum absolute atomic E-state index is 13.2. The molecule has 0 aliphatic heterocycles. The fourth-order valence-electron chi connectivity index (χ4n) is 4.09. The van der Waals surface area contributed by atoms with Gasteiger partial charge >= 0.3 is 5.97 Å². The minimum atomic E-state index is -1.23. The Balaban J connectivity index is 2.05. The number of nitrogens with two attached hydrogens (primary N) is 3. The second kappa shape index (κ2) is 15.7. The number of carboxylic acids is 1. The molecule has 4 atom stereocenters. The number of hydrogen-bond donors (Lipinski definition) is 9. The molecule has 4 unspecified atom stereocenters. The Kier molecular flexibility index (Phi) is 12.7. The fourth-order valence-corrected chi connectivity index (χ4v) is 4.35. The van der Waals surface area contributed by atoms with Gasteiger partial charge < -0.3 is 43.2 Å². The summed E-state index contributed by atoms with van der Waals surface area (Å²) < 4.78 is 0. The lowest BCUT2D eigenvalue weighted by Gasteiger charge is -2.25. The van der Waals surface area contributed by atoms with Crippen molar-refractivity contribution in [2.24, 2.45) is 28.1 Å². The van der Waals surface area contributed by atoms with Crippen molar-refractivity contribution in [2.45, 2.75) is 63.7 Å². The molecule has 0 fully saturated rings. The van der Waals surface area contributed by atoms with E-state index in [1.54, 1.807) is 6.20 Å². The zero-order valence-electron chi connectivity index (χ0n) is 22.7. The summed E-state index contributed by atoms with van der Waals surface area (Å²) in [4.78, 5) is 57.7. The first-order chi connectivity index (χ1) is 18.9. The molecule has 2 rings (SSSR count). The van der Waals surface area contributed by atoms with Gasteiger partial charge in [-0.05, 0) is 36.8 Å². The van der Waals surface area contributed by atoms with E-state index in [0.717, 1.165) is 16.5 Å². The van der Waals surface area contributed by atoms with Gasteiger partial charge in [-0.3, -0.25) is 19.4 Å². The van der Waals surface area contributed by atoms with Crippen molar-refractivity contribution in [3.05, 3.63) is 36.0 Å². The van der Waals surface area contributed by atoms with Crippen molar-refractivity contribution in [1.29, 1.82) is 0 Å². The minimum absolute atomic E-state index is 0.00405. The molecular formula is C26H40N8O5S. The lowest BCUT2D eigenvalue weighted by atomic mass is 10.0. The number of nitrogens with zero attached hydrogens (tertiary/aromatic N) is 1. The van der Waals surface area contributed by atoms with E-state index in [0.29, 0.717) is 13.0 Å². The Bertz CT molecular complexity index is 1200. The molecule has 3 amide bonds. The number of aliphatic carboxylic acids is 1. The minimum Gasteiger partial charge on any atom is -0.480 e. The Labute approximate surface area is 238 Å². The van der Waals surface area contributed by atoms with Gasteiger partial charge in [0.25, 0.3) is 0 Å². The number of fused-ring (bicyclic) bond motifs is 1. The standard InChI is InChI=1S/C26H40N8O5S/c1-14(2)10-19(32-24(37)21(13-40)34-22(35)17(27)7-5-9-30-26(28)29)23(36)33-20(25(38)39)11-15-12-31-18-8-4-3-6-16(15)18/h3-4,6,8,12,14,17,19-21,31,40H,5,7,9-11,13,27H2,1-2H3,(H,32,37)(H,33,36)(H,34,35)(H,38,39)(H4,28,29,30). The Morgan fingerprint density at radius 2 is 1.62 bits per heavy atom. The first-order valence-corrected chi connectivity index (χ1v) is 13.7. The highest BCUT2D eigenvalue weighted by molar-refractivity contribution is 7.80. The van der Waals surface area contributed by atoms with Gasteiger partial charge in [-0.1, -0.05) is 32.0 Å². The second-order valence-corrected chi connectivity index (χ2v) is 10.3. The summed E-state index contributed by atoms with van der Waals surface area (Å²) in [5.41, 5.74) is 18.1. The molecule has 0 aliphatic carbocycles. The van der Waals surface area contributed by atoms with Crippen LogP contribution in [0, 0.1) is 5.92 Å². The number of aromatic amines is 1. The highest BCUT2D eigenvalue weighted by Crippen LogP contribution is 2.19. The first kappa shape index (κ1) is 32.4. The van der Waals surface area contributed by atoms with Crippen molar-refractivity contribution >= 4 is 53.2 Å². The van der Waals surface area contributed by atoms with E-state index in [-0.39, 0.29) is 36.9 Å². The molecule has 14 heteroatoms. The lowest BCUT2D eigenvalue weighted by molar-refractivity contribution is -0.142. The van der Waals surface area contributed by atoms with E-state index in [1.807, 2.05) is 38.1 Å². The van der Waals surface area contributed by atoms with Crippen LogP contribution in [0.2, 0.25) is 0 Å². The number of thiol groups is 1. The Hall–Kier alpha value is -3.78. The fraction of sp³-hybridized carbons (Fsp3) is 0.500. The average molecular weight is 577 g/mol. The molecule has 0 saturated heterocycles. The van der Waals surface area contributed by atoms with Crippen LogP contribution >= 0.6 is 12.6 Å². The molecule has 220 valence electrons. The van der Waals surface area contributed by atoms with Crippen molar-refractivity contribution in [3.63, 3.8) is 0 Å². The largest absolute Gasteiger partial charge is 0.480 e. The normalized spacial score (nSPS) is 14.1.